The predicted octanol–water partition coefficient (Wildman–Crippen LogP) is 5.72. The lowest BCUT2D eigenvalue weighted by atomic mass is 10.1. The van der Waals surface area contributed by atoms with E-state index in [0.717, 1.165) is 35.6 Å². The third kappa shape index (κ3) is 7.44. The molecule has 1 fully saturated rings. The Bertz CT molecular complexity index is 1470. The highest BCUT2D eigenvalue weighted by Gasteiger charge is 2.35. The van der Waals surface area contributed by atoms with Gasteiger partial charge in [-0.1, -0.05) is 61.7 Å². The molecule has 0 aromatic heterocycles. The Kier molecular flexibility index (Phi) is 10.5. The average Bonchev–Trinajstić information content (AvgIpc) is 3.49. The number of amides is 2. The minimum Gasteiger partial charge on any atom is -0.497 e. The van der Waals surface area contributed by atoms with E-state index in [-0.39, 0.29) is 23.4 Å². The van der Waals surface area contributed by atoms with Crippen LogP contribution in [0.2, 0.25) is 5.02 Å². The van der Waals surface area contributed by atoms with E-state index in [1.54, 1.807) is 44.4 Å². The molecule has 0 radical (unpaired) electrons. The number of benzene rings is 3. The lowest BCUT2D eigenvalue weighted by Crippen LogP contribution is -2.53. The van der Waals surface area contributed by atoms with E-state index in [9.17, 15) is 18.0 Å². The molecule has 1 saturated carbocycles. The van der Waals surface area contributed by atoms with E-state index < -0.39 is 28.5 Å². The summed E-state index contributed by atoms with van der Waals surface area (Å²) in [7, 11) is -2.59. The first-order valence-electron chi connectivity index (χ1n) is 14.2. The molecule has 0 heterocycles. The van der Waals surface area contributed by atoms with Gasteiger partial charge in [0.2, 0.25) is 11.8 Å². The minimum absolute atomic E-state index is 0.00988. The van der Waals surface area contributed by atoms with E-state index >= 15 is 0 Å². The molecule has 1 aliphatic carbocycles. The second kappa shape index (κ2) is 14.1. The number of aryl methyl sites for hydroxylation is 1. The van der Waals surface area contributed by atoms with Gasteiger partial charge in [-0.3, -0.25) is 13.9 Å². The van der Waals surface area contributed by atoms with Crippen LogP contribution in [0.3, 0.4) is 0 Å². The van der Waals surface area contributed by atoms with Crippen molar-refractivity contribution in [3.05, 3.63) is 88.9 Å². The normalized spacial score (nSPS) is 14.3. The molecule has 4 rings (SSSR count). The smallest absolute Gasteiger partial charge is 0.264 e. The Morgan fingerprint density at radius 1 is 1.00 bits per heavy atom. The number of anilines is 1. The first kappa shape index (κ1) is 31.4. The maximum atomic E-state index is 14.2. The molecule has 3 aromatic carbocycles. The molecule has 1 atom stereocenters. The van der Waals surface area contributed by atoms with Gasteiger partial charge >= 0.3 is 0 Å². The van der Waals surface area contributed by atoms with Gasteiger partial charge in [0.15, 0.2) is 0 Å². The summed E-state index contributed by atoms with van der Waals surface area (Å²) in [6.07, 6.45) is 4.31. The Morgan fingerprint density at radius 3 is 2.24 bits per heavy atom. The number of hydrogen-bond acceptors (Lipinski definition) is 5. The van der Waals surface area contributed by atoms with Crippen molar-refractivity contribution in [2.24, 2.45) is 0 Å². The molecule has 0 bridgehead atoms. The van der Waals surface area contributed by atoms with Crippen molar-refractivity contribution < 1.29 is 22.7 Å². The molecule has 3 aromatic rings. The lowest BCUT2D eigenvalue weighted by molar-refractivity contribution is -0.140. The average molecular weight is 612 g/mol. The van der Waals surface area contributed by atoms with Gasteiger partial charge in [0.1, 0.15) is 18.3 Å². The number of nitrogens with zero attached hydrogens (tertiary/aromatic N) is 2. The fourth-order valence-corrected chi connectivity index (χ4v) is 6.91. The molecule has 224 valence electrons. The van der Waals surface area contributed by atoms with E-state index in [4.69, 9.17) is 16.3 Å². The number of hydrogen-bond donors (Lipinski definition) is 1. The van der Waals surface area contributed by atoms with Crippen LogP contribution in [-0.4, -0.2) is 50.9 Å². The predicted molar refractivity (Wildman–Crippen MR) is 165 cm³/mol. The van der Waals surface area contributed by atoms with Crippen LogP contribution in [0.25, 0.3) is 0 Å². The summed E-state index contributed by atoms with van der Waals surface area (Å²) >= 11 is 6.03. The van der Waals surface area contributed by atoms with Crippen molar-refractivity contribution in [1.82, 2.24) is 10.2 Å². The van der Waals surface area contributed by atoms with Crippen molar-refractivity contribution >= 4 is 39.1 Å². The highest BCUT2D eigenvalue weighted by Crippen LogP contribution is 2.28. The molecule has 1 N–H and O–H groups in total. The van der Waals surface area contributed by atoms with Crippen LogP contribution in [0.1, 0.15) is 50.2 Å². The molecule has 0 unspecified atom stereocenters. The molecular formula is C32H38ClN3O5S. The van der Waals surface area contributed by atoms with Crippen LogP contribution < -0.4 is 14.4 Å². The van der Waals surface area contributed by atoms with Gasteiger partial charge in [-0.25, -0.2) is 8.42 Å². The lowest BCUT2D eigenvalue weighted by Gasteiger charge is -2.34. The van der Waals surface area contributed by atoms with Gasteiger partial charge in [0.05, 0.1) is 17.7 Å². The van der Waals surface area contributed by atoms with Gasteiger partial charge in [0.25, 0.3) is 10.0 Å². The summed E-state index contributed by atoms with van der Waals surface area (Å²) in [5, 5.41) is 3.53. The fourth-order valence-electron chi connectivity index (χ4n) is 5.31. The van der Waals surface area contributed by atoms with Gasteiger partial charge in [-0.05, 0) is 79.8 Å². The zero-order valence-electron chi connectivity index (χ0n) is 24.3. The maximum Gasteiger partial charge on any atom is 0.264 e. The standard InChI is InChI=1S/C32H38ClN3O5S/c1-4-29(32(38)34-26-10-6-7-11-26)35(21-24-13-17-27(41-3)18-14-24)31(37)22-36(30-12-8-5-9-23(30)2)42(39,40)28-19-15-25(33)16-20-28/h5,8-9,12-20,26,29H,4,6-7,10-11,21-22H2,1-3H3,(H,34,38)/t29-/m1/s1. The van der Waals surface area contributed by atoms with Gasteiger partial charge in [0, 0.05) is 17.6 Å². The topological polar surface area (TPSA) is 96.0 Å². The summed E-state index contributed by atoms with van der Waals surface area (Å²) < 4.78 is 34.4. The van der Waals surface area contributed by atoms with Crippen LogP contribution in [0.4, 0.5) is 5.69 Å². The third-order valence-electron chi connectivity index (χ3n) is 7.66. The Balaban J connectivity index is 1.72. The molecule has 10 heteroatoms. The van der Waals surface area contributed by atoms with Crippen molar-refractivity contribution in [3.63, 3.8) is 0 Å². The first-order chi connectivity index (χ1) is 20.1. The van der Waals surface area contributed by atoms with E-state index in [0.29, 0.717) is 28.4 Å². The van der Waals surface area contributed by atoms with Crippen LogP contribution in [-0.2, 0) is 26.2 Å². The van der Waals surface area contributed by atoms with Crippen molar-refractivity contribution in [3.8, 4) is 5.75 Å². The van der Waals surface area contributed by atoms with Crippen molar-refractivity contribution in [2.45, 2.75) is 69.5 Å². The number of carbonyl (C=O) groups is 2. The fraction of sp³-hybridized carbons (Fsp3) is 0.375. The number of ether oxygens (including phenoxy) is 1. The van der Waals surface area contributed by atoms with Crippen molar-refractivity contribution in [2.75, 3.05) is 18.0 Å². The summed E-state index contributed by atoms with van der Waals surface area (Å²) in [6, 6.07) is 19.4. The molecule has 0 saturated heterocycles. The Labute approximate surface area is 253 Å². The zero-order valence-corrected chi connectivity index (χ0v) is 25.8. The number of halogens is 1. The summed E-state index contributed by atoms with van der Waals surface area (Å²) in [5.41, 5.74) is 1.86. The SMILES string of the molecule is CC[C@H](C(=O)NC1CCCC1)N(Cc1ccc(OC)cc1)C(=O)CN(c1ccccc1C)S(=O)(=O)c1ccc(Cl)cc1. The van der Waals surface area contributed by atoms with Gasteiger partial charge < -0.3 is 15.0 Å². The second-order valence-electron chi connectivity index (χ2n) is 10.5. The zero-order chi connectivity index (χ0) is 30.3. The monoisotopic (exact) mass is 611 g/mol. The number of carbonyl (C=O) groups excluding carboxylic acids is 2. The molecular weight excluding hydrogens is 574 g/mol. The van der Waals surface area contributed by atoms with Crippen LogP contribution in [0.15, 0.2) is 77.7 Å². The van der Waals surface area contributed by atoms with Gasteiger partial charge in [-0.2, -0.15) is 0 Å². The molecule has 2 amide bonds. The van der Waals surface area contributed by atoms with Crippen LogP contribution >= 0.6 is 11.6 Å². The maximum absolute atomic E-state index is 14.2. The molecule has 0 spiro atoms. The molecule has 42 heavy (non-hydrogen) atoms. The molecule has 0 aliphatic heterocycles. The van der Waals surface area contributed by atoms with E-state index in [1.165, 1.54) is 29.2 Å². The van der Waals surface area contributed by atoms with Gasteiger partial charge in [-0.15, -0.1) is 0 Å². The Hall–Kier alpha value is -3.56. The van der Waals surface area contributed by atoms with Crippen LogP contribution in [0.5, 0.6) is 5.75 Å². The summed E-state index contributed by atoms with van der Waals surface area (Å²) in [6.45, 7) is 3.29. The number of para-hydroxylation sites is 1. The molecule has 1 aliphatic rings. The minimum atomic E-state index is -4.17. The summed E-state index contributed by atoms with van der Waals surface area (Å²) in [4.78, 5) is 29.3. The second-order valence-corrected chi connectivity index (χ2v) is 12.8. The van der Waals surface area contributed by atoms with E-state index in [1.807, 2.05) is 25.1 Å². The number of rotatable bonds is 12. The number of methoxy groups -OCH3 is 1. The highest BCUT2D eigenvalue weighted by atomic mass is 35.5. The highest BCUT2D eigenvalue weighted by molar-refractivity contribution is 7.92. The first-order valence-corrected chi connectivity index (χ1v) is 16.0. The summed E-state index contributed by atoms with van der Waals surface area (Å²) in [5.74, 6) is -0.0447. The quantitative estimate of drug-likeness (QED) is 0.283. The molecule has 8 nitrogen and oxygen atoms in total. The number of sulfonamides is 1. The van der Waals surface area contributed by atoms with Crippen LogP contribution in [0, 0.1) is 6.92 Å². The van der Waals surface area contributed by atoms with E-state index in [2.05, 4.69) is 5.32 Å². The third-order valence-corrected chi connectivity index (χ3v) is 9.69. The van der Waals surface area contributed by atoms with Crippen molar-refractivity contribution in [1.29, 1.82) is 0 Å². The number of nitrogens with one attached hydrogen (secondary N) is 1. The largest absolute Gasteiger partial charge is 0.497 e. The Morgan fingerprint density at radius 2 is 1.64 bits per heavy atom.